The normalized spacial score (nSPS) is 18.6. The first-order valence-electron chi connectivity index (χ1n) is 14.6. The fourth-order valence-electron chi connectivity index (χ4n) is 5.82. The van der Waals surface area contributed by atoms with Crippen molar-refractivity contribution < 1.29 is 9.59 Å². The molecule has 0 unspecified atom stereocenters. The topological polar surface area (TPSA) is 133 Å². The molecule has 2 aliphatic rings. The monoisotopic (exact) mass is 560 g/mol. The Kier molecular flexibility index (Phi) is 9.30. The van der Waals surface area contributed by atoms with E-state index in [2.05, 4.69) is 26.6 Å². The third-order valence-electron chi connectivity index (χ3n) is 8.43. The zero-order valence-electron chi connectivity index (χ0n) is 23.9. The van der Waals surface area contributed by atoms with E-state index in [4.69, 9.17) is 5.73 Å². The molecule has 1 amide bonds. The Morgan fingerprint density at radius 3 is 2.36 bits per heavy atom. The molecule has 1 fully saturated rings. The summed E-state index contributed by atoms with van der Waals surface area (Å²) in [5, 5.41) is 20.3. The smallest absolute Gasteiger partial charge is 0.228 e. The molecular formula is C34H36N6O2. The summed E-state index contributed by atoms with van der Waals surface area (Å²) >= 11 is 0. The van der Waals surface area contributed by atoms with Gasteiger partial charge in [0.25, 0.3) is 0 Å². The number of aryl methyl sites for hydroxylation is 1. The number of hydrogen-bond donors (Lipinski definition) is 2. The molecule has 0 spiro atoms. The van der Waals surface area contributed by atoms with Crippen molar-refractivity contribution in [1.29, 1.82) is 5.26 Å². The number of nitrogens with one attached hydrogen (secondary N) is 1. The zero-order chi connectivity index (χ0) is 29.5. The number of Topliss-reactive ketones (excluding diaryl/α,β-unsaturated/α-hetero) is 1. The third kappa shape index (κ3) is 7.04. The Balaban J connectivity index is 1.32. The average Bonchev–Trinajstić information content (AvgIpc) is 3.57. The molecule has 1 aliphatic carbocycles. The molecule has 3 aromatic rings. The minimum atomic E-state index is -0.507. The molecule has 1 heterocycles. The van der Waals surface area contributed by atoms with E-state index in [9.17, 15) is 14.9 Å². The molecule has 3 N–H and O–H groups in total. The highest BCUT2D eigenvalue weighted by Gasteiger charge is 2.30. The lowest BCUT2D eigenvalue weighted by Gasteiger charge is -2.27. The standard InChI is InChI=1S/C34H36N6O2/c1-22-2-3-25(20-36)17-31(22)26-8-4-23(5-9-26)16-29(18-32(41)27-10-6-24(19-35)7-11-27)34(42)39-30-14-12-28(13-15-30)33-37-21-38-40-33/h2-5,8-9,12-15,17,24,27,29H,6-7,10-11,16,18-19,21,35H2,1H3,(H,39,42)/t24?,27?,29-/m1/s1. The van der Waals surface area contributed by atoms with Gasteiger partial charge in [0.15, 0.2) is 12.5 Å². The first-order chi connectivity index (χ1) is 20.4. The summed E-state index contributed by atoms with van der Waals surface area (Å²) in [6, 6.07) is 23.3. The van der Waals surface area contributed by atoms with E-state index in [0.29, 0.717) is 42.6 Å². The molecule has 1 aliphatic heterocycles. The quantitative estimate of drug-likeness (QED) is 0.304. The number of nitrogens with zero attached hydrogens (tertiary/aromatic N) is 4. The van der Waals surface area contributed by atoms with Gasteiger partial charge in [0.05, 0.1) is 11.6 Å². The summed E-state index contributed by atoms with van der Waals surface area (Å²) in [5.41, 5.74) is 12.0. The highest BCUT2D eigenvalue weighted by Crippen LogP contribution is 2.31. The fraction of sp³-hybridized carbons (Fsp3) is 0.353. The van der Waals surface area contributed by atoms with Crippen LogP contribution in [0.25, 0.3) is 11.1 Å². The van der Waals surface area contributed by atoms with Crippen LogP contribution in [0.15, 0.2) is 82.0 Å². The first kappa shape index (κ1) is 29.0. The Hall–Kier alpha value is -4.48. The van der Waals surface area contributed by atoms with Crippen molar-refractivity contribution in [2.24, 2.45) is 38.7 Å². The van der Waals surface area contributed by atoms with E-state index in [-0.39, 0.29) is 24.0 Å². The zero-order valence-corrected chi connectivity index (χ0v) is 23.9. The Labute approximate surface area is 246 Å². The molecule has 8 nitrogen and oxygen atoms in total. The summed E-state index contributed by atoms with van der Waals surface area (Å²) in [5.74, 6) is 0.535. The number of amidine groups is 1. The highest BCUT2D eigenvalue weighted by atomic mass is 16.2. The summed E-state index contributed by atoms with van der Waals surface area (Å²) in [4.78, 5) is 31.3. The summed E-state index contributed by atoms with van der Waals surface area (Å²) in [6.45, 7) is 3.02. The summed E-state index contributed by atoms with van der Waals surface area (Å²) in [7, 11) is 0. The second kappa shape index (κ2) is 13.5. The lowest BCUT2D eigenvalue weighted by atomic mass is 9.77. The van der Waals surface area contributed by atoms with Gasteiger partial charge in [-0.2, -0.15) is 10.4 Å². The number of nitriles is 1. The SMILES string of the molecule is Cc1ccc(C#N)cc1-c1ccc(C[C@H](CC(=O)C2CCC(CN)CC2)C(=O)Nc2ccc(C3=NCN=N3)cc2)cc1. The van der Waals surface area contributed by atoms with Gasteiger partial charge < -0.3 is 11.1 Å². The lowest BCUT2D eigenvalue weighted by Crippen LogP contribution is -2.31. The van der Waals surface area contributed by atoms with Crippen molar-refractivity contribution >= 4 is 23.2 Å². The van der Waals surface area contributed by atoms with Crippen LogP contribution in [-0.2, 0) is 16.0 Å². The second-order valence-electron chi connectivity index (χ2n) is 11.3. The van der Waals surface area contributed by atoms with Gasteiger partial charge in [0, 0.05) is 29.5 Å². The van der Waals surface area contributed by atoms with Crippen molar-refractivity contribution in [3.63, 3.8) is 0 Å². The van der Waals surface area contributed by atoms with E-state index in [1.165, 1.54) is 0 Å². The van der Waals surface area contributed by atoms with Crippen molar-refractivity contribution in [2.45, 2.75) is 45.4 Å². The largest absolute Gasteiger partial charge is 0.330 e. The van der Waals surface area contributed by atoms with Gasteiger partial charge in [0.2, 0.25) is 5.91 Å². The molecule has 0 radical (unpaired) electrons. The molecule has 5 rings (SSSR count). The van der Waals surface area contributed by atoms with E-state index in [1.54, 1.807) is 0 Å². The number of ketones is 1. The predicted molar refractivity (Wildman–Crippen MR) is 164 cm³/mol. The summed E-state index contributed by atoms with van der Waals surface area (Å²) < 4.78 is 0. The minimum absolute atomic E-state index is 0.0125. The van der Waals surface area contributed by atoms with Gasteiger partial charge in [-0.1, -0.05) is 30.3 Å². The van der Waals surface area contributed by atoms with Crippen LogP contribution in [0.5, 0.6) is 0 Å². The molecule has 214 valence electrons. The Bertz CT molecular complexity index is 1530. The van der Waals surface area contributed by atoms with Gasteiger partial charge in [-0.3, -0.25) is 9.59 Å². The Morgan fingerprint density at radius 2 is 1.71 bits per heavy atom. The molecule has 0 saturated heterocycles. The van der Waals surface area contributed by atoms with Gasteiger partial charge in [-0.05, 0) is 110 Å². The molecule has 0 aromatic heterocycles. The molecule has 8 heteroatoms. The van der Waals surface area contributed by atoms with Gasteiger partial charge >= 0.3 is 0 Å². The molecule has 1 saturated carbocycles. The average molecular weight is 561 g/mol. The van der Waals surface area contributed by atoms with Crippen LogP contribution in [0.3, 0.4) is 0 Å². The second-order valence-corrected chi connectivity index (χ2v) is 11.3. The minimum Gasteiger partial charge on any atom is -0.330 e. The number of amides is 1. The van der Waals surface area contributed by atoms with Crippen molar-refractivity contribution in [3.05, 3.63) is 89.0 Å². The maximum absolute atomic E-state index is 13.6. The van der Waals surface area contributed by atoms with Crippen molar-refractivity contribution in [3.8, 4) is 17.2 Å². The number of rotatable bonds is 10. The first-order valence-corrected chi connectivity index (χ1v) is 14.6. The molecule has 3 aromatic carbocycles. The number of anilines is 1. The van der Waals surface area contributed by atoms with Gasteiger partial charge in [0.1, 0.15) is 5.78 Å². The van der Waals surface area contributed by atoms with E-state index >= 15 is 0 Å². The fourth-order valence-corrected chi connectivity index (χ4v) is 5.82. The van der Waals surface area contributed by atoms with Crippen LogP contribution in [0, 0.1) is 36.0 Å². The predicted octanol–water partition coefficient (Wildman–Crippen LogP) is 6.23. The number of benzene rings is 3. The van der Waals surface area contributed by atoms with Crippen LogP contribution in [0.4, 0.5) is 5.69 Å². The van der Waals surface area contributed by atoms with Crippen molar-refractivity contribution in [2.75, 3.05) is 18.5 Å². The molecule has 0 bridgehead atoms. The highest BCUT2D eigenvalue weighted by molar-refractivity contribution is 6.01. The number of carbonyl (C=O) groups excluding carboxylic acids is 2. The van der Waals surface area contributed by atoms with Gasteiger partial charge in [-0.25, -0.2) is 4.99 Å². The third-order valence-corrected chi connectivity index (χ3v) is 8.43. The van der Waals surface area contributed by atoms with Crippen LogP contribution in [0.2, 0.25) is 0 Å². The Morgan fingerprint density at radius 1 is 1.00 bits per heavy atom. The number of hydrogen-bond acceptors (Lipinski definition) is 7. The van der Waals surface area contributed by atoms with Crippen LogP contribution in [0.1, 0.15) is 54.4 Å². The maximum Gasteiger partial charge on any atom is 0.228 e. The number of carbonyl (C=O) groups is 2. The van der Waals surface area contributed by atoms with Crippen molar-refractivity contribution in [1.82, 2.24) is 0 Å². The number of azo groups is 1. The molecule has 1 atom stereocenters. The lowest BCUT2D eigenvalue weighted by molar-refractivity contribution is -0.129. The van der Waals surface area contributed by atoms with E-state index in [1.807, 2.05) is 73.7 Å². The number of aliphatic imine (C=N–C) groups is 1. The van der Waals surface area contributed by atoms with Gasteiger partial charge in [-0.15, -0.1) is 5.11 Å². The van der Waals surface area contributed by atoms with Crippen LogP contribution < -0.4 is 11.1 Å². The van der Waals surface area contributed by atoms with Crippen LogP contribution >= 0.6 is 0 Å². The van der Waals surface area contributed by atoms with E-state index < -0.39 is 5.92 Å². The number of nitrogens with two attached hydrogens (primary N) is 1. The van der Waals surface area contributed by atoms with Crippen LogP contribution in [-0.4, -0.2) is 30.7 Å². The molecule has 42 heavy (non-hydrogen) atoms. The summed E-state index contributed by atoms with van der Waals surface area (Å²) in [6.07, 6.45) is 4.26. The molecular weight excluding hydrogens is 524 g/mol. The van der Waals surface area contributed by atoms with E-state index in [0.717, 1.165) is 53.5 Å². The maximum atomic E-state index is 13.6.